The number of amides is 2. The number of thioether (sulfide) groups is 1. The van der Waals surface area contributed by atoms with Crippen molar-refractivity contribution in [2.24, 2.45) is 0 Å². The van der Waals surface area contributed by atoms with Crippen molar-refractivity contribution in [1.82, 2.24) is 19.4 Å². The summed E-state index contributed by atoms with van der Waals surface area (Å²) in [5.41, 5.74) is 3.29. The second-order valence-corrected chi connectivity index (χ2v) is 9.15. The number of piperazine rings is 1. The van der Waals surface area contributed by atoms with Gasteiger partial charge in [-0.2, -0.15) is 0 Å². The summed E-state index contributed by atoms with van der Waals surface area (Å²) in [5.74, 6) is 0.598. The van der Waals surface area contributed by atoms with Gasteiger partial charge in [-0.05, 0) is 36.2 Å². The minimum Gasteiger partial charge on any atom is -0.459 e. The van der Waals surface area contributed by atoms with Gasteiger partial charge >= 0.3 is 0 Å². The van der Waals surface area contributed by atoms with Crippen molar-refractivity contribution >= 4 is 47.0 Å². The topological polar surface area (TPSA) is 71.6 Å². The maximum Gasteiger partial charge on any atom is 0.289 e. The Bertz CT molecular complexity index is 1270. The van der Waals surface area contributed by atoms with Crippen LogP contribution in [0.5, 0.6) is 0 Å². The molecule has 1 aliphatic heterocycles. The van der Waals surface area contributed by atoms with Crippen LogP contribution in [-0.4, -0.2) is 63.1 Å². The van der Waals surface area contributed by atoms with Crippen LogP contribution in [0.1, 0.15) is 16.1 Å². The highest BCUT2D eigenvalue weighted by Gasteiger charge is 2.26. The first kappa shape index (κ1) is 24.9. The van der Waals surface area contributed by atoms with Gasteiger partial charge < -0.3 is 18.8 Å². The number of carbonyl (C=O) groups is 2. The van der Waals surface area contributed by atoms with Gasteiger partial charge in [0.2, 0.25) is 5.91 Å². The van der Waals surface area contributed by atoms with Crippen molar-refractivity contribution in [3.8, 4) is 0 Å². The molecule has 2 amide bonds. The molecule has 9 heteroatoms. The molecule has 0 saturated carbocycles. The number of hydrogen-bond donors (Lipinski definition) is 0. The van der Waals surface area contributed by atoms with Gasteiger partial charge in [0.05, 0.1) is 23.0 Å². The fourth-order valence-electron chi connectivity index (χ4n) is 4.20. The number of benzene rings is 2. The number of furan rings is 1. The normalized spacial score (nSPS) is 13.6. The molecular weight excluding hydrogens is 484 g/mol. The Balaban J connectivity index is 0.00000289. The summed E-state index contributed by atoms with van der Waals surface area (Å²) in [6.45, 7) is 2.86. The van der Waals surface area contributed by atoms with Gasteiger partial charge in [-0.15, -0.1) is 12.4 Å². The highest BCUT2D eigenvalue weighted by Crippen LogP contribution is 2.25. The average molecular weight is 511 g/mol. The molecule has 1 saturated heterocycles. The van der Waals surface area contributed by atoms with Crippen LogP contribution in [0.3, 0.4) is 0 Å². The molecule has 0 radical (unpaired) electrons. The Morgan fingerprint density at radius 3 is 2.34 bits per heavy atom. The number of halogens is 1. The first-order valence-corrected chi connectivity index (χ1v) is 12.4. The molecule has 3 heterocycles. The van der Waals surface area contributed by atoms with E-state index in [0.717, 1.165) is 29.2 Å². The monoisotopic (exact) mass is 510 g/mol. The van der Waals surface area contributed by atoms with Crippen LogP contribution in [0.4, 0.5) is 0 Å². The van der Waals surface area contributed by atoms with Crippen molar-refractivity contribution in [3.05, 3.63) is 84.3 Å². The van der Waals surface area contributed by atoms with Crippen molar-refractivity contribution < 1.29 is 14.0 Å². The molecule has 2 aromatic heterocycles. The van der Waals surface area contributed by atoms with Crippen LogP contribution < -0.4 is 0 Å². The molecule has 0 N–H and O–H groups in total. The SMILES string of the molecule is Cl.O=C(CSc1nc2ccccc2n1CCc1ccccc1)N1CCN(C(=O)c2ccco2)CC1. The van der Waals surface area contributed by atoms with Crippen LogP contribution in [0, 0.1) is 0 Å². The number of fused-ring (bicyclic) bond motifs is 1. The third-order valence-corrected chi connectivity index (χ3v) is 7.02. The number of rotatable bonds is 7. The Kier molecular flexibility index (Phi) is 8.15. The summed E-state index contributed by atoms with van der Waals surface area (Å²) in [6, 6.07) is 21.9. The lowest BCUT2D eigenvalue weighted by atomic mass is 10.1. The summed E-state index contributed by atoms with van der Waals surface area (Å²) in [5, 5.41) is 0.858. The first-order chi connectivity index (χ1) is 16.7. The predicted molar refractivity (Wildman–Crippen MR) is 139 cm³/mol. The zero-order valence-electron chi connectivity index (χ0n) is 19.2. The quantitative estimate of drug-likeness (QED) is 0.345. The van der Waals surface area contributed by atoms with Crippen LogP contribution >= 0.6 is 24.2 Å². The lowest BCUT2D eigenvalue weighted by Gasteiger charge is -2.34. The molecule has 2 aromatic carbocycles. The Morgan fingerprint density at radius 1 is 0.886 bits per heavy atom. The standard InChI is InChI=1S/C26H26N4O3S.ClH/c31-24(28-14-16-29(17-15-28)25(32)23-11-6-18-33-23)19-34-26-27-21-9-4-5-10-22(21)30(26)13-12-20-7-2-1-3-8-20;/h1-11,18H,12-17,19H2;1H. The molecule has 1 aliphatic rings. The van der Waals surface area contributed by atoms with E-state index in [1.165, 1.54) is 23.6 Å². The smallest absolute Gasteiger partial charge is 0.289 e. The first-order valence-electron chi connectivity index (χ1n) is 11.4. The molecule has 4 aromatic rings. The Morgan fingerprint density at radius 2 is 1.60 bits per heavy atom. The minimum absolute atomic E-state index is 0. The lowest BCUT2D eigenvalue weighted by molar-refractivity contribution is -0.129. The van der Waals surface area contributed by atoms with Crippen LogP contribution in [0.25, 0.3) is 11.0 Å². The van der Waals surface area contributed by atoms with Gasteiger partial charge in [0.25, 0.3) is 5.91 Å². The summed E-state index contributed by atoms with van der Waals surface area (Å²) in [4.78, 5) is 33.7. The molecule has 1 fully saturated rings. The highest BCUT2D eigenvalue weighted by molar-refractivity contribution is 7.99. The zero-order valence-corrected chi connectivity index (χ0v) is 20.8. The molecular formula is C26H27ClN4O3S. The third-order valence-electron chi connectivity index (χ3n) is 6.06. The summed E-state index contributed by atoms with van der Waals surface area (Å²) in [7, 11) is 0. The summed E-state index contributed by atoms with van der Waals surface area (Å²) in [6.07, 6.45) is 2.39. The van der Waals surface area contributed by atoms with Crippen LogP contribution in [0.15, 0.2) is 82.6 Å². The van der Waals surface area contributed by atoms with E-state index in [9.17, 15) is 9.59 Å². The number of carbonyl (C=O) groups excluding carboxylic acids is 2. The van der Waals surface area contributed by atoms with E-state index in [1.807, 2.05) is 29.2 Å². The second kappa shape index (κ2) is 11.5. The molecule has 0 aliphatic carbocycles. The summed E-state index contributed by atoms with van der Waals surface area (Å²) < 4.78 is 7.42. The van der Waals surface area contributed by atoms with Crippen LogP contribution in [-0.2, 0) is 17.8 Å². The van der Waals surface area contributed by atoms with Crippen molar-refractivity contribution in [1.29, 1.82) is 0 Å². The minimum atomic E-state index is -0.126. The van der Waals surface area contributed by atoms with Gasteiger partial charge in [-0.25, -0.2) is 4.98 Å². The van der Waals surface area contributed by atoms with E-state index in [0.29, 0.717) is 37.7 Å². The number of aromatic nitrogens is 2. The third kappa shape index (κ3) is 5.71. The Hall–Kier alpha value is -3.23. The van der Waals surface area contributed by atoms with Gasteiger partial charge in [0.1, 0.15) is 0 Å². The van der Waals surface area contributed by atoms with E-state index in [2.05, 4.69) is 34.9 Å². The van der Waals surface area contributed by atoms with E-state index < -0.39 is 0 Å². The van der Waals surface area contributed by atoms with E-state index in [1.54, 1.807) is 17.0 Å². The molecule has 0 bridgehead atoms. The van der Waals surface area contributed by atoms with E-state index in [4.69, 9.17) is 9.40 Å². The van der Waals surface area contributed by atoms with Gasteiger partial charge in [-0.1, -0.05) is 54.2 Å². The fraction of sp³-hybridized carbons (Fsp3) is 0.269. The lowest BCUT2D eigenvalue weighted by Crippen LogP contribution is -2.51. The largest absolute Gasteiger partial charge is 0.459 e. The van der Waals surface area contributed by atoms with Crippen molar-refractivity contribution in [2.75, 3.05) is 31.9 Å². The van der Waals surface area contributed by atoms with Gasteiger partial charge in [0.15, 0.2) is 10.9 Å². The molecule has 5 rings (SSSR count). The number of aryl methyl sites for hydroxylation is 2. The number of imidazole rings is 1. The van der Waals surface area contributed by atoms with Gasteiger partial charge in [-0.3, -0.25) is 9.59 Å². The highest BCUT2D eigenvalue weighted by atomic mass is 35.5. The zero-order chi connectivity index (χ0) is 23.3. The van der Waals surface area contributed by atoms with E-state index in [-0.39, 0.29) is 24.2 Å². The molecule has 0 unspecified atom stereocenters. The van der Waals surface area contributed by atoms with Gasteiger partial charge in [0, 0.05) is 32.7 Å². The van der Waals surface area contributed by atoms with Crippen molar-refractivity contribution in [3.63, 3.8) is 0 Å². The molecule has 0 spiro atoms. The predicted octanol–water partition coefficient (Wildman–Crippen LogP) is 4.37. The molecule has 182 valence electrons. The second-order valence-electron chi connectivity index (χ2n) is 8.21. The number of nitrogens with zero attached hydrogens (tertiary/aromatic N) is 4. The number of hydrogen-bond acceptors (Lipinski definition) is 5. The fourth-order valence-corrected chi connectivity index (χ4v) is 5.14. The molecule has 7 nitrogen and oxygen atoms in total. The van der Waals surface area contributed by atoms with E-state index >= 15 is 0 Å². The molecule has 35 heavy (non-hydrogen) atoms. The maximum atomic E-state index is 12.9. The Labute approximate surface area is 214 Å². The van der Waals surface area contributed by atoms with Crippen molar-refractivity contribution in [2.45, 2.75) is 18.1 Å². The average Bonchev–Trinajstić information content (AvgIpc) is 3.54. The summed E-state index contributed by atoms with van der Waals surface area (Å²) >= 11 is 1.48. The number of para-hydroxylation sites is 2. The maximum absolute atomic E-state index is 12.9. The van der Waals surface area contributed by atoms with Crippen LogP contribution in [0.2, 0.25) is 0 Å². The molecule has 0 atom stereocenters.